The Kier molecular flexibility index (Phi) is 7.29. The second-order valence-electron chi connectivity index (χ2n) is 8.74. The van der Waals surface area contributed by atoms with Crippen LogP contribution in [0.4, 0.5) is 0 Å². The largest absolute Gasteiger partial charge is 0.507 e. The zero-order valence-corrected chi connectivity index (χ0v) is 20.7. The molecule has 0 spiro atoms. The van der Waals surface area contributed by atoms with E-state index in [1.54, 1.807) is 56.7 Å². The van der Waals surface area contributed by atoms with E-state index in [4.69, 9.17) is 14.2 Å². The second kappa shape index (κ2) is 10.6. The van der Waals surface area contributed by atoms with Crippen LogP contribution in [0.3, 0.4) is 0 Å². The Balaban J connectivity index is 1.82. The summed E-state index contributed by atoms with van der Waals surface area (Å²) < 4.78 is 16.3. The number of nitrogens with zero attached hydrogens (tertiary/aromatic N) is 1. The van der Waals surface area contributed by atoms with Gasteiger partial charge in [-0.25, -0.2) is 0 Å². The second-order valence-corrected chi connectivity index (χ2v) is 8.74. The number of Topliss-reactive ketones (excluding diaryl/α,β-unsaturated/α-hetero) is 1. The van der Waals surface area contributed by atoms with Gasteiger partial charge in [-0.2, -0.15) is 0 Å². The molecule has 7 heteroatoms. The average molecular weight is 488 g/mol. The molecule has 0 aliphatic carbocycles. The van der Waals surface area contributed by atoms with E-state index in [0.717, 1.165) is 5.56 Å². The molecule has 4 rings (SSSR count). The third-order valence-electron chi connectivity index (χ3n) is 5.96. The zero-order chi connectivity index (χ0) is 25.8. The molecule has 0 radical (unpaired) electrons. The Morgan fingerprint density at radius 3 is 2.08 bits per heavy atom. The van der Waals surface area contributed by atoms with Crippen molar-refractivity contribution in [2.75, 3.05) is 14.2 Å². The number of methoxy groups -OCH3 is 2. The third kappa shape index (κ3) is 5.05. The van der Waals surface area contributed by atoms with Gasteiger partial charge >= 0.3 is 0 Å². The molecule has 1 unspecified atom stereocenters. The molecule has 36 heavy (non-hydrogen) atoms. The Morgan fingerprint density at radius 1 is 0.889 bits per heavy atom. The Morgan fingerprint density at radius 2 is 1.50 bits per heavy atom. The van der Waals surface area contributed by atoms with E-state index >= 15 is 0 Å². The number of carbonyl (C=O) groups is 2. The van der Waals surface area contributed by atoms with Crippen molar-refractivity contribution in [3.8, 4) is 17.2 Å². The number of carbonyl (C=O) groups excluding carboxylic acids is 2. The molecule has 0 bridgehead atoms. The van der Waals surface area contributed by atoms with Crippen molar-refractivity contribution in [2.45, 2.75) is 32.5 Å². The maximum Gasteiger partial charge on any atom is 0.295 e. The van der Waals surface area contributed by atoms with Gasteiger partial charge in [-0.1, -0.05) is 24.3 Å². The summed E-state index contributed by atoms with van der Waals surface area (Å²) >= 11 is 0. The van der Waals surface area contributed by atoms with Crippen molar-refractivity contribution in [1.82, 2.24) is 4.90 Å². The summed E-state index contributed by atoms with van der Waals surface area (Å²) in [5.74, 6) is 0.255. The first-order chi connectivity index (χ1) is 17.3. The Labute approximate surface area is 210 Å². The van der Waals surface area contributed by atoms with E-state index in [1.807, 2.05) is 44.2 Å². The van der Waals surface area contributed by atoms with Gasteiger partial charge in [-0.05, 0) is 73.5 Å². The molecule has 7 nitrogen and oxygen atoms in total. The molecule has 0 saturated carbocycles. The van der Waals surface area contributed by atoms with Crippen molar-refractivity contribution in [3.05, 3.63) is 95.1 Å². The summed E-state index contributed by atoms with van der Waals surface area (Å²) in [5, 5.41) is 11.3. The highest BCUT2D eigenvalue weighted by Crippen LogP contribution is 2.41. The third-order valence-corrected chi connectivity index (χ3v) is 5.96. The molecular weight excluding hydrogens is 458 g/mol. The normalized spacial score (nSPS) is 16.9. The summed E-state index contributed by atoms with van der Waals surface area (Å²) in [5.41, 5.74) is 1.93. The Hall–Kier alpha value is -4.26. The van der Waals surface area contributed by atoms with E-state index in [1.165, 1.54) is 4.90 Å². The highest BCUT2D eigenvalue weighted by atomic mass is 16.5. The fourth-order valence-corrected chi connectivity index (χ4v) is 4.25. The highest BCUT2D eigenvalue weighted by Gasteiger charge is 2.46. The number of likely N-dealkylation sites (tertiary alicyclic amines) is 1. The predicted molar refractivity (Wildman–Crippen MR) is 136 cm³/mol. The van der Waals surface area contributed by atoms with Crippen LogP contribution in [0.1, 0.15) is 36.6 Å². The molecular formula is C29H29NO6. The van der Waals surface area contributed by atoms with Crippen molar-refractivity contribution in [2.24, 2.45) is 0 Å². The van der Waals surface area contributed by atoms with Gasteiger partial charge < -0.3 is 24.2 Å². The summed E-state index contributed by atoms with van der Waals surface area (Å²) in [7, 11) is 3.13. The van der Waals surface area contributed by atoms with Crippen LogP contribution in [-0.2, 0) is 16.1 Å². The van der Waals surface area contributed by atoms with Gasteiger partial charge in [0.25, 0.3) is 11.7 Å². The molecule has 1 amide bonds. The van der Waals surface area contributed by atoms with E-state index in [2.05, 4.69) is 0 Å². The molecule has 0 aromatic heterocycles. The van der Waals surface area contributed by atoms with Gasteiger partial charge in [0.15, 0.2) is 0 Å². The first-order valence-corrected chi connectivity index (χ1v) is 11.6. The molecule has 1 aliphatic heterocycles. The lowest BCUT2D eigenvalue weighted by atomic mass is 9.95. The molecule has 1 saturated heterocycles. The lowest BCUT2D eigenvalue weighted by molar-refractivity contribution is -0.140. The molecule has 1 atom stereocenters. The minimum absolute atomic E-state index is 0.0281. The quantitative estimate of drug-likeness (QED) is 0.270. The first-order valence-electron chi connectivity index (χ1n) is 11.6. The minimum Gasteiger partial charge on any atom is -0.507 e. The van der Waals surface area contributed by atoms with Crippen LogP contribution >= 0.6 is 0 Å². The van der Waals surface area contributed by atoms with Crippen molar-refractivity contribution < 1.29 is 28.9 Å². The fraction of sp³-hybridized carbons (Fsp3) is 0.241. The van der Waals surface area contributed by atoms with E-state index < -0.39 is 17.7 Å². The maximum atomic E-state index is 13.3. The van der Waals surface area contributed by atoms with Crippen molar-refractivity contribution in [3.63, 3.8) is 0 Å². The van der Waals surface area contributed by atoms with Crippen LogP contribution in [-0.4, -0.2) is 42.0 Å². The van der Waals surface area contributed by atoms with Gasteiger partial charge in [-0.15, -0.1) is 0 Å². The topological polar surface area (TPSA) is 85.3 Å². The average Bonchev–Trinajstić information content (AvgIpc) is 3.13. The lowest BCUT2D eigenvalue weighted by Crippen LogP contribution is -2.29. The van der Waals surface area contributed by atoms with Gasteiger partial charge in [0.05, 0.1) is 31.9 Å². The van der Waals surface area contributed by atoms with E-state index in [0.29, 0.717) is 28.4 Å². The van der Waals surface area contributed by atoms with E-state index in [-0.39, 0.29) is 24.0 Å². The molecule has 1 heterocycles. The SMILES string of the molecule is COc1ccc(CN2C(=O)C(=O)/C(=C(\O)c3ccc(OC)cc3)C2c2cccc(OC(C)C)c2)cc1. The summed E-state index contributed by atoms with van der Waals surface area (Å²) in [6.45, 7) is 4.02. The molecule has 186 valence electrons. The van der Waals surface area contributed by atoms with Crippen molar-refractivity contribution in [1.29, 1.82) is 0 Å². The standard InChI is InChI=1S/C29H29NO6/c1-18(2)36-24-7-5-6-21(16-24)26-25(27(31)20-10-14-23(35-4)15-11-20)28(32)29(33)30(26)17-19-8-12-22(34-3)13-9-19/h5-16,18,26,31H,17H2,1-4H3/b27-25-. The number of aliphatic hydroxyl groups is 1. The van der Waals surface area contributed by atoms with Gasteiger partial charge in [0.2, 0.25) is 0 Å². The van der Waals surface area contributed by atoms with Gasteiger partial charge in [0, 0.05) is 12.1 Å². The fourth-order valence-electron chi connectivity index (χ4n) is 4.25. The molecule has 1 fully saturated rings. The van der Waals surface area contributed by atoms with Crippen LogP contribution in [0.15, 0.2) is 78.4 Å². The molecule has 1 aliphatic rings. The zero-order valence-electron chi connectivity index (χ0n) is 20.7. The van der Waals surface area contributed by atoms with E-state index in [9.17, 15) is 14.7 Å². The van der Waals surface area contributed by atoms with Crippen LogP contribution in [0.2, 0.25) is 0 Å². The Bertz CT molecular complexity index is 1280. The number of rotatable bonds is 8. The smallest absolute Gasteiger partial charge is 0.295 e. The molecule has 3 aromatic carbocycles. The summed E-state index contributed by atoms with van der Waals surface area (Å²) in [4.78, 5) is 28.1. The summed E-state index contributed by atoms with van der Waals surface area (Å²) in [6, 6.07) is 20.4. The highest BCUT2D eigenvalue weighted by molar-refractivity contribution is 6.46. The van der Waals surface area contributed by atoms with Gasteiger partial charge in [0.1, 0.15) is 23.0 Å². The maximum absolute atomic E-state index is 13.3. The number of hydrogen-bond acceptors (Lipinski definition) is 6. The lowest BCUT2D eigenvalue weighted by Gasteiger charge is -2.26. The van der Waals surface area contributed by atoms with Crippen LogP contribution in [0.25, 0.3) is 5.76 Å². The van der Waals surface area contributed by atoms with Crippen LogP contribution < -0.4 is 14.2 Å². The number of hydrogen-bond donors (Lipinski definition) is 1. The predicted octanol–water partition coefficient (Wildman–Crippen LogP) is 5.11. The monoisotopic (exact) mass is 487 g/mol. The molecule has 1 N–H and O–H groups in total. The van der Waals surface area contributed by atoms with Gasteiger partial charge in [-0.3, -0.25) is 9.59 Å². The summed E-state index contributed by atoms with van der Waals surface area (Å²) in [6.07, 6.45) is -0.0507. The number of ether oxygens (including phenoxy) is 3. The minimum atomic E-state index is -0.801. The number of ketones is 1. The number of amides is 1. The first kappa shape index (κ1) is 24.9. The number of aliphatic hydroxyl groups excluding tert-OH is 1. The number of benzene rings is 3. The van der Waals surface area contributed by atoms with Crippen LogP contribution in [0.5, 0.6) is 17.2 Å². The molecule has 3 aromatic rings. The van der Waals surface area contributed by atoms with Crippen LogP contribution in [0, 0.1) is 0 Å². The van der Waals surface area contributed by atoms with Crippen molar-refractivity contribution >= 4 is 17.4 Å².